The number of amides is 1. The van der Waals surface area contributed by atoms with Crippen LogP contribution >= 0.6 is 12.6 Å². The normalized spacial score (nSPS) is 19.1. The molecular formula is C13H26N2OS. The Bertz CT molecular complexity index is 254. The summed E-state index contributed by atoms with van der Waals surface area (Å²) in [5, 5.41) is 3.01. The van der Waals surface area contributed by atoms with Crippen molar-refractivity contribution in [1.29, 1.82) is 0 Å². The standard InChI is InChI=1S/C13H26N2OS/c1-4-11(2)15(3)8-7-14-12(16)9-13(10-17)5-6-13/h11,17H,4-10H2,1-3H3,(H,14,16). The molecule has 0 aromatic carbocycles. The van der Waals surface area contributed by atoms with Crippen LogP contribution in [0.3, 0.4) is 0 Å². The number of carbonyl (C=O) groups excluding carboxylic acids is 1. The molecule has 0 aliphatic heterocycles. The van der Waals surface area contributed by atoms with Gasteiger partial charge in [0.1, 0.15) is 0 Å². The van der Waals surface area contributed by atoms with E-state index >= 15 is 0 Å². The molecule has 1 aliphatic rings. The minimum absolute atomic E-state index is 0.189. The van der Waals surface area contributed by atoms with Crippen LogP contribution in [0.15, 0.2) is 0 Å². The van der Waals surface area contributed by atoms with Crippen LogP contribution < -0.4 is 5.32 Å². The molecule has 0 radical (unpaired) electrons. The number of nitrogens with zero attached hydrogens (tertiary/aromatic N) is 1. The summed E-state index contributed by atoms with van der Waals surface area (Å²) in [6.07, 6.45) is 4.13. The topological polar surface area (TPSA) is 32.3 Å². The summed E-state index contributed by atoms with van der Waals surface area (Å²) in [5.74, 6) is 1.03. The molecule has 17 heavy (non-hydrogen) atoms. The first-order valence-electron chi connectivity index (χ1n) is 6.61. The lowest BCUT2D eigenvalue weighted by molar-refractivity contribution is -0.122. The monoisotopic (exact) mass is 258 g/mol. The second-order valence-electron chi connectivity index (χ2n) is 5.42. The van der Waals surface area contributed by atoms with Crippen LogP contribution in [0.25, 0.3) is 0 Å². The summed E-state index contributed by atoms with van der Waals surface area (Å²) < 4.78 is 0. The summed E-state index contributed by atoms with van der Waals surface area (Å²) in [5.41, 5.74) is 0.232. The van der Waals surface area contributed by atoms with E-state index in [-0.39, 0.29) is 11.3 Å². The first-order valence-corrected chi connectivity index (χ1v) is 7.24. The number of rotatable bonds is 8. The van der Waals surface area contributed by atoms with Gasteiger partial charge in [-0.2, -0.15) is 12.6 Å². The molecule has 3 nitrogen and oxygen atoms in total. The third kappa shape index (κ3) is 4.88. The van der Waals surface area contributed by atoms with E-state index in [1.54, 1.807) is 0 Å². The number of nitrogens with one attached hydrogen (secondary N) is 1. The molecule has 1 N–H and O–H groups in total. The lowest BCUT2D eigenvalue weighted by Crippen LogP contribution is -2.37. The number of hydrogen-bond acceptors (Lipinski definition) is 3. The van der Waals surface area contributed by atoms with Crippen molar-refractivity contribution >= 4 is 18.5 Å². The molecule has 1 rings (SSSR count). The Morgan fingerprint density at radius 1 is 1.53 bits per heavy atom. The third-order valence-corrected chi connectivity index (χ3v) is 4.63. The largest absolute Gasteiger partial charge is 0.355 e. The molecule has 0 bridgehead atoms. The van der Waals surface area contributed by atoms with Gasteiger partial charge in [-0.15, -0.1) is 0 Å². The molecule has 1 amide bonds. The van der Waals surface area contributed by atoms with E-state index in [0.717, 1.165) is 38.1 Å². The highest BCUT2D eigenvalue weighted by Gasteiger charge is 2.42. The maximum absolute atomic E-state index is 11.7. The van der Waals surface area contributed by atoms with Crippen molar-refractivity contribution in [2.45, 2.75) is 45.6 Å². The highest BCUT2D eigenvalue weighted by atomic mass is 32.1. The van der Waals surface area contributed by atoms with Crippen LogP contribution in [0.1, 0.15) is 39.5 Å². The zero-order valence-corrected chi connectivity index (χ0v) is 12.2. The molecule has 4 heteroatoms. The molecule has 1 atom stereocenters. The quantitative estimate of drug-likeness (QED) is 0.652. The van der Waals surface area contributed by atoms with Gasteiger partial charge in [0.05, 0.1) is 0 Å². The summed E-state index contributed by atoms with van der Waals surface area (Å²) in [7, 11) is 2.11. The second-order valence-corrected chi connectivity index (χ2v) is 5.74. The van der Waals surface area contributed by atoms with E-state index < -0.39 is 0 Å². The number of likely N-dealkylation sites (N-methyl/N-ethyl adjacent to an activating group) is 1. The smallest absolute Gasteiger partial charge is 0.220 e. The number of thiol groups is 1. The van der Waals surface area contributed by atoms with E-state index in [1.165, 1.54) is 0 Å². The SMILES string of the molecule is CCC(C)N(C)CCNC(=O)CC1(CS)CC1. The van der Waals surface area contributed by atoms with Crippen LogP contribution in [0.4, 0.5) is 0 Å². The van der Waals surface area contributed by atoms with Crippen LogP contribution in [0.5, 0.6) is 0 Å². The highest BCUT2D eigenvalue weighted by molar-refractivity contribution is 7.80. The summed E-state index contributed by atoms with van der Waals surface area (Å²) in [6.45, 7) is 6.07. The molecule has 1 fully saturated rings. The Morgan fingerprint density at radius 3 is 2.65 bits per heavy atom. The van der Waals surface area contributed by atoms with Gasteiger partial charge in [-0.05, 0) is 44.4 Å². The Hall–Kier alpha value is -0.220. The van der Waals surface area contributed by atoms with E-state index in [4.69, 9.17) is 0 Å². The van der Waals surface area contributed by atoms with E-state index in [9.17, 15) is 4.79 Å². The Balaban J connectivity index is 2.12. The minimum Gasteiger partial charge on any atom is -0.355 e. The summed E-state index contributed by atoms with van der Waals surface area (Å²) in [6, 6.07) is 0.583. The van der Waals surface area contributed by atoms with Gasteiger partial charge in [0.15, 0.2) is 0 Å². The average molecular weight is 258 g/mol. The van der Waals surface area contributed by atoms with Crippen molar-refractivity contribution in [3.63, 3.8) is 0 Å². The van der Waals surface area contributed by atoms with Gasteiger partial charge in [0.25, 0.3) is 0 Å². The summed E-state index contributed by atoms with van der Waals surface area (Å²) in [4.78, 5) is 14.0. The van der Waals surface area contributed by atoms with Gasteiger partial charge in [0.2, 0.25) is 5.91 Å². The molecular weight excluding hydrogens is 232 g/mol. The van der Waals surface area contributed by atoms with Gasteiger partial charge >= 0.3 is 0 Å². The second kappa shape index (κ2) is 6.64. The van der Waals surface area contributed by atoms with Crippen LogP contribution in [-0.2, 0) is 4.79 Å². The van der Waals surface area contributed by atoms with Gasteiger partial charge < -0.3 is 10.2 Å². The zero-order chi connectivity index (χ0) is 12.9. The van der Waals surface area contributed by atoms with Crippen LogP contribution in [-0.4, -0.2) is 42.7 Å². The van der Waals surface area contributed by atoms with Crippen LogP contribution in [0, 0.1) is 5.41 Å². The molecule has 100 valence electrons. The van der Waals surface area contributed by atoms with Crippen molar-refractivity contribution in [2.75, 3.05) is 25.9 Å². The Morgan fingerprint density at radius 2 is 2.18 bits per heavy atom. The zero-order valence-electron chi connectivity index (χ0n) is 11.3. The van der Waals surface area contributed by atoms with Gasteiger partial charge in [-0.1, -0.05) is 6.92 Å². The molecule has 1 unspecified atom stereocenters. The predicted molar refractivity (Wildman–Crippen MR) is 75.5 cm³/mol. The fraction of sp³-hybridized carbons (Fsp3) is 0.923. The average Bonchev–Trinajstić information content (AvgIpc) is 3.08. The molecule has 0 aromatic heterocycles. The summed E-state index contributed by atoms with van der Waals surface area (Å²) >= 11 is 4.31. The predicted octanol–water partition coefficient (Wildman–Crippen LogP) is 1.93. The molecule has 0 aromatic rings. The lowest BCUT2D eigenvalue weighted by Gasteiger charge is -2.23. The third-order valence-electron chi connectivity index (χ3n) is 3.96. The number of carbonyl (C=O) groups is 1. The van der Waals surface area contributed by atoms with Crippen molar-refractivity contribution in [3.8, 4) is 0 Å². The van der Waals surface area contributed by atoms with E-state index in [1.807, 2.05) is 0 Å². The molecule has 1 saturated carbocycles. The Labute approximate surface area is 111 Å². The van der Waals surface area contributed by atoms with Crippen molar-refractivity contribution < 1.29 is 4.79 Å². The highest BCUT2D eigenvalue weighted by Crippen LogP contribution is 2.49. The number of hydrogen-bond donors (Lipinski definition) is 2. The van der Waals surface area contributed by atoms with Crippen molar-refractivity contribution in [1.82, 2.24) is 10.2 Å². The molecule has 0 saturated heterocycles. The van der Waals surface area contributed by atoms with Gasteiger partial charge in [-0.25, -0.2) is 0 Å². The first-order chi connectivity index (χ1) is 8.03. The lowest BCUT2D eigenvalue weighted by atomic mass is 10.1. The molecule has 0 spiro atoms. The van der Waals surface area contributed by atoms with Crippen LogP contribution in [0.2, 0.25) is 0 Å². The van der Waals surface area contributed by atoms with Gasteiger partial charge in [-0.3, -0.25) is 4.79 Å². The van der Waals surface area contributed by atoms with E-state index in [0.29, 0.717) is 12.5 Å². The first kappa shape index (κ1) is 14.8. The fourth-order valence-electron chi connectivity index (χ4n) is 1.87. The van der Waals surface area contributed by atoms with Crippen molar-refractivity contribution in [3.05, 3.63) is 0 Å². The van der Waals surface area contributed by atoms with E-state index in [2.05, 4.69) is 43.7 Å². The molecule has 1 aliphatic carbocycles. The van der Waals surface area contributed by atoms with Gasteiger partial charge in [0, 0.05) is 25.6 Å². The molecule has 0 heterocycles. The Kier molecular flexibility index (Phi) is 5.80. The maximum atomic E-state index is 11.7. The van der Waals surface area contributed by atoms with Crippen molar-refractivity contribution in [2.24, 2.45) is 5.41 Å². The fourth-order valence-corrected chi connectivity index (χ4v) is 2.30. The minimum atomic E-state index is 0.189. The maximum Gasteiger partial charge on any atom is 0.220 e.